The van der Waals surface area contributed by atoms with Gasteiger partial charge in [0.25, 0.3) is 0 Å². The van der Waals surface area contributed by atoms with E-state index in [1.807, 2.05) is 27.7 Å². The van der Waals surface area contributed by atoms with Crippen LogP contribution in [0.5, 0.6) is 0 Å². The number of aryl methyl sites for hydroxylation is 3. The minimum atomic E-state index is -0.758. The number of fused-ring (bicyclic) bond motifs is 1. The molecule has 3 aromatic rings. The Hall–Kier alpha value is -2.53. The largest absolute Gasteiger partial charge is 0.360 e. The van der Waals surface area contributed by atoms with Crippen molar-refractivity contribution in [2.24, 2.45) is 0 Å². The maximum absolute atomic E-state index is 13.7. The minimum Gasteiger partial charge on any atom is -0.360 e. The summed E-state index contributed by atoms with van der Waals surface area (Å²) in [7, 11) is 0. The molecule has 0 aliphatic heterocycles. The molecule has 0 fully saturated rings. The summed E-state index contributed by atoms with van der Waals surface area (Å²) in [5.74, 6) is -0.378. The first kappa shape index (κ1) is 22.2. The molecule has 0 saturated heterocycles. The van der Waals surface area contributed by atoms with Crippen molar-refractivity contribution >= 4 is 16.8 Å². The number of benzene rings is 1. The van der Waals surface area contributed by atoms with Gasteiger partial charge < -0.3 is 9.30 Å². The van der Waals surface area contributed by atoms with Crippen molar-refractivity contribution in [1.82, 2.24) is 9.55 Å². The van der Waals surface area contributed by atoms with Crippen LogP contribution in [0.2, 0.25) is 0 Å². The number of rotatable bonds is 5. The molecule has 0 bridgehead atoms. The van der Waals surface area contributed by atoms with Gasteiger partial charge in [-0.05, 0) is 78.6 Å². The molecule has 1 aromatic carbocycles. The van der Waals surface area contributed by atoms with E-state index in [0.29, 0.717) is 0 Å². The fourth-order valence-corrected chi connectivity index (χ4v) is 4.12. The lowest BCUT2D eigenvalue weighted by Gasteiger charge is -2.29. The van der Waals surface area contributed by atoms with Crippen molar-refractivity contribution in [2.45, 2.75) is 73.6 Å². The lowest BCUT2D eigenvalue weighted by atomic mass is 9.90. The summed E-state index contributed by atoms with van der Waals surface area (Å²) < 4.78 is 22.1. The number of carbonyl (C=O) groups is 1. The third-order valence-corrected chi connectivity index (χ3v) is 5.54. The molecule has 0 N–H and O–H groups in total. The van der Waals surface area contributed by atoms with Crippen LogP contribution < -0.4 is 0 Å². The zero-order valence-electron chi connectivity index (χ0n) is 19.2. The molecule has 2 heterocycles. The smallest absolute Gasteiger partial charge is 0.163 e. The number of hydrogen-bond acceptors (Lipinski definition) is 3. The van der Waals surface area contributed by atoms with Crippen LogP contribution in [0.4, 0.5) is 4.39 Å². The topological polar surface area (TPSA) is 44.1 Å². The molecule has 160 valence electrons. The highest BCUT2D eigenvalue weighted by Crippen LogP contribution is 2.42. The summed E-state index contributed by atoms with van der Waals surface area (Å²) in [5.41, 5.74) is 5.86. The van der Waals surface area contributed by atoms with Gasteiger partial charge in [0.1, 0.15) is 17.6 Å². The molecular formula is C25H31FN2O2. The summed E-state index contributed by atoms with van der Waals surface area (Å²) in [6.45, 7) is 16.3. The van der Waals surface area contributed by atoms with Crippen LogP contribution in [-0.4, -0.2) is 20.9 Å². The number of hydrogen-bond donors (Lipinski definition) is 0. The standard InChI is InChI=1S/C25H31FN2O2/c1-9-28-16(4)14(2)20-22(18-10-12-19(26)13-11-18)21(15(3)27-24(20)28)23(17(5)29)30-25(6,7)8/h10-13,23H,9H2,1-8H3. The van der Waals surface area contributed by atoms with Crippen LogP contribution in [0.15, 0.2) is 24.3 Å². The predicted octanol–water partition coefficient (Wildman–Crippen LogP) is 6.23. The van der Waals surface area contributed by atoms with E-state index < -0.39 is 11.7 Å². The Bertz CT molecular complexity index is 1110. The molecule has 1 unspecified atom stereocenters. The van der Waals surface area contributed by atoms with Gasteiger partial charge in [0.2, 0.25) is 0 Å². The maximum atomic E-state index is 13.7. The summed E-state index contributed by atoms with van der Waals surface area (Å²) in [6, 6.07) is 6.43. The second-order valence-electron chi connectivity index (χ2n) is 8.87. The van der Waals surface area contributed by atoms with E-state index in [0.717, 1.165) is 51.2 Å². The number of Topliss-reactive ketones (excluding diaryl/α,β-unsaturated/α-hetero) is 1. The van der Waals surface area contributed by atoms with Crippen LogP contribution in [0, 0.1) is 26.6 Å². The van der Waals surface area contributed by atoms with Gasteiger partial charge in [0.15, 0.2) is 5.78 Å². The van der Waals surface area contributed by atoms with E-state index in [-0.39, 0.29) is 11.6 Å². The normalized spacial score (nSPS) is 13.1. The second-order valence-corrected chi connectivity index (χ2v) is 8.87. The van der Waals surface area contributed by atoms with E-state index in [9.17, 15) is 9.18 Å². The highest BCUT2D eigenvalue weighted by molar-refractivity contribution is 6.01. The molecule has 0 saturated carbocycles. The molecule has 0 spiro atoms. The molecule has 1 atom stereocenters. The molecule has 2 aromatic heterocycles. The molecule has 4 nitrogen and oxygen atoms in total. The number of carbonyl (C=O) groups excluding carboxylic acids is 1. The van der Waals surface area contributed by atoms with Crippen molar-refractivity contribution in [2.75, 3.05) is 0 Å². The molecule has 0 amide bonds. The number of nitrogens with zero attached hydrogens (tertiary/aromatic N) is 2. The van der Waals surface area contributed by atoms with Crippen molar-refractivity contribution < 1.29 is 13.9 Å². The van der Waals surface area contributed by atoms with Crippen molar-refractivity contribution in [1.29, 1.82) is 0 Å². The Labute approximate surface area is 178 Å². The monoisotopic (exact) mass is 410 g/mol. The van der Waals surface area contributed by atoms with Crippen LogP contribution in [0.25, 0.3) is 22.2 Å². The molecule has 0 aliphatic carbocycles. The second kappa shape index (κ2) is 7.95. The molecule has 0 aliphatic rings. The Morgan fingerprint density at radius 1 is 1.17 bits per heavy atom. The van der Waals surface area contributed by atoms with Gasteiger partial charge in [-0.3, -0.25) is 4.79 Å². The average molecular weight is 411 g/mol. The van der Waals surface area contributed by atoms with Gasteiger partial charge in [-0.1, -0.05) is 12.1 Å². The number of halogens is 1. The number of ether oxygens (including phenoxy) is 1. The fraction of sp³-hybridized carbons (Fsp3) is 0.440. The third-order valence-electron chi connectivity index (χ3n) is 5.54. The van der Waals surface area contributed by atoms with Gasteiger partial charge in [-0.2, -0.15) is 0 Å². The Balaban J connectivity index is 2.49. The highest BCUT2D eigenvalue weighted by Gasteiger charge is 2.31. The van der Waals surface area contributed by atoms with Crippen LogP contribution in [0.3, 0.4) is 0 Å². The van der Waals surface area contributed by atoms with Crippen LogP contribution in [0.1, 0.15) is 63.2 Å². The number of aromatic nitrogens is 2. The first-order valence-electron chi connectivity index (χ1n) is 10.4. The summed E-state index contributed by atoms with van der Waals surface area (Å²) in [5, 5.41) is 0.991. The Kier molecular flexibility index (Phi) is 5.87. The quantitative estimate of drug-likeness (QED) is 0.501. The summed E-state index contributed by atoms with van der Waals surface area (Å²) in [6.07, 6.45) is -0.758. The SMILES string of the molecule is CCn1c(C)c(C)c2c(-c3ccc(F)cc3)c(C(OC(C)(C)C)C(C)=O)c(C)nc21. The van der Waals surface area contributed by atoms with Gasteiger partial charge in [0, 0.05) is 34.4 Å². The molecular weight excluding hydrogens is 379 g/mol. The average Bonchev–Trinajstić information content (AvgIpc) is 2.88. The van der Waals surface area contributed by atoms with Crippen molar-refractivity contribution in [3.8, 4) is 11.1 Å². The number of ketones is 1. The molecule has 3 rings (SSSR count). The molecule has 5 heteroatoms. The lowest BCUT2D eigenvalue weighted by Crippen LogP contribution is -2.27. The molecule has 30 heavy (non-hydrogen) atoms. The minimum absolute atomic E-state index is 0.0816. The zero-order chi connectivity index (χ0) is 22.4. The summed E-state index contributed by atoms with van der Waals surface area (Å²) in [4.78, 5) is 17.7. The summed E-state index contributed by atoms with van der Waals surface area (Å²) >= 11 is 0. The van der Waals surface area contributed by atoms with Crippen molar-refractivity contribution in [3.63, 3.8) is 0 Å². The maximum Gasteiger partial charge on any atom is 0.163 e. The highest BCUT2D eigenvalue weighted by atomic mass is 19.1. The molecule has 0 radical (unpaired) electrons. The first-order valence-corrected chi connectivity index (χ1v) is 10.4. The van der Waals surface area contributed by atoms with Crippen LogP contribution >= 0.6 is 0 Å². The van der Waals surface area contributed by atoms with Gasteiger partial charge >= 0.3 is 0 Å². The van der Waals surface area contributed by atoms with Gasteiger partial charge in [-0.15, -0.1) is 0 Å². The lowest BCUT2D eigenvalue weighted by molar-refractivity contribution is -0.138. The predicted molar refractivity (Wildman–Crippen MR) is 119 cm³/mol. The van der Waals surface area contributed by atoms with Crippen molar-refractivity contribution in [3.05, 3.63) is 52.6 Å². The fourth-order valence-electron chi connectivity index (χ4n) is 4.12. The van der Waals surface area contributed by atoms with Gasteiger partial charge in [-0.25, -0.2) is 9.37 Å². The third kappa shape index (κ3) is 3.91. The van der Waals surface area contributed by atoms with Crippen LogP contribution in [-0.2, 0) is 16.1 Å². The van der Waals surface area contributed by atoms with E-state index in [1.165, 1.54) is 12.1 Å². The zero-order valence-corrected chi connectivity index (χ0v) is 19.2. The Morgan fingerprint density at radius 2 is 1.77 bits per heavy atom. The number of pyridine rings is 1. The van der Waals surface area contributed by atoms with Gasteiger partial charge in [0.05, 0.1) is 5.60 Å². The Morgan fingerprint density at radius 3 is 2.27 bits per heavy atom. The van der Waals surface area contributed by atoms with E-state index >= 15 is 0 Å². The van der Waals surface area contributed by atoms with E-state index in [2.05, 4.69) is 25.3 Å². The van der Waals surface area contributed by atoms with E-state index in [1.54, 1.807) is 19.1 Å². The first-order chi connectivity index (χ1) is 14.0. The van der Waals surface area contributed by atoms with E-state index in [4.69, 9.17) is 9.72 Å².